The second kappa shape index (κ2) is 8.55. The maximum Gasteiger partial charge on any atom is 0.163 e. The van der Waals surface area contributed by atoms with Gasteiger partial charge in [-0.25, -0.2) is 14.4 Å². The molecule has 5 rings (SSSR count). The van der Waals surface area contributed by atoms with E-state index in [0.29, 0.717) is 17.2 Å². The molecule has 2 heterocycles. The Balaban J connectivity index is 1.66. The van der Waals surface area contributed by atoms with Crippen molar-refractivity contribution in [1.29, 1.82) is 0 Å². The third kappa shape index (κ3) is 3.93. The van der Waals surface area contributed by atoms with Crippen LogP contribution in [-0.2, 0) is 0 Å². The molecule has 0 aliphatic carbocycles. The maximum atomic E-state index is 14.4. The van der Waals surface area contributed by atoms with Gasteiger partial charge in [-0.05, 0) is 48.4 Å². The van der Waals surface area contributed by atoms with Crippen LogP contribution in [0.4, 0.5) is 10.2 Å². The normalized spacial score (nSPS) is 11.9. The number of hydrogen-bond donors (Lipinski definition) is 1. The molecule has 32 heavy (non-hydrogen) atoms. The van der Waals surface area contributed by atoms with E-state index < -0.39 is 0 Å². The highest BCUT2D eigenvalue weighted by Crippen LogP contribution is 2.32. The van der Waals surface area contributed by atoms with Gasteiger partial charge < -0.3 is 5.32 Å². The first-order chi connectivity index (χ1) is 15.7. The number of pyridine rings is 1. The van der Waals surface area contributed by atoms with E-state index in [4.69, 9.17) is 9.97 Å². The Morgan fingerprint density at radius 2 is 1.62 bits per heavy atom. The molecule has 4 nitrogen and oxygen atoms in total. The van der Waals surface area contributed by atoms with Crippen molar-refractivity contribution in [2.24, 2.45) is 0 Å². The number of nitrogens with one attached hydrogen (secondary N) is 1. The Kier molecular flexibility index (Phi) is 5.30. The minimum Gasteiger partial charge on any atom is -0.363 e. The molecular weight excluding hydrogens is 399 g/mol. The number of aromatic nitrogens is 3. The van der Waals surface area contributed by atoms with Gasteiger partial charge in [0.2, 0.25) is 0 Å². The van der Waals surface area contributed by atoms with Gasteiger partial charge in [-0.15, -0.1) is 0 Å². The molecule has 2 aromatic heterocycles. The lowest BCUT2D eigenvalue weighted by molar-refractivity contribution is 0.631. The minimum atomic E-state index is -0.257. The third-order valence-corrected chi connectivity index (χ3v) is 5.45. The molecule has 0 spiro atoms. The zero-order chi connectivity index (χ0) is 21.9. The number of hydrogen-bond acceptors (Lipinski definition) is 4. The highest BCUT2D eigenvalue weighted by Gasteiger charge is 2.15. The zero-order valence-corrected chi connectivity index (χ0v) is 17.5. The molecule has 1 unspecified atom stereocenters. The van der Waals surface area contributed by atoms with E-state index in [-0.39, 0.29) is 11.9 Å². The fraction of sp³-hybridized carbons (Fsp3) is 0.0741. The highest BCUT2D eigenvalue weighted by atomic mass is 19.1. The number of fused-ring (bicyclic) bond motifs is 1. The van der Waals surface area contributed by atoms with Gasteiger partial charge in [0.15, 0.2) is 5.82 Å². The molecule has 1 atom stereocenters. The molecule has 5 heteroatoms. The van der Waals surface area contributed by atoms with Crippen molar-refractivity contribution >= 4 is 16.7 Å². The van der Waals surface area contributed by atoms with Crippen LogP contribution in [0.2, 0.25) is 0 Å². The molecule has 1 N–H and O–H groups in total. The molecular formula is C27H21FN4. The number of rotatable bonds is 5. The van der Waals surface area contributed by atoms with Gasteiger partial charge in [0.05, 0.1) is 5.52 Å². The van der Waals surface area contributed by atoms with Crippen LogP contribution in [0.5, 0.6) is 0 Å². The summed E-state index contributed by atoms with van der Waals surface area (Å²) in [7, 11) is 0. The van der Waals surface area contributed by atoms with Crippen LogP contribution in [-0.4, -0.2) is 15.0 Å². The van der Waals surface area contributed by atoms with Crippen molar-refractivity contribution in [2.45, 2.75) is 13.0 Å². The summed E-state index contributed by atoms with van der Waals surface area (Å²) in [4.78, 5) is 13.8. The summed E-state index contributed by atoms with van der Waals surface area (Å²) < 4.78 is 14.4. The van der Waals surface area contributed by atoms with Crippen molar-refractivity contribution in [1.82, 2.24) is 15.0 Å². The second-order valence-electron chi connectivity index (χ2n) is 7.63. The number of benzene rings is 3. The Morgan fingerprint density at radius 3 is 2.41 bits per heavy atom. The van der Waals surface area contributed by atoms with Gasteiger partial charge in [0, 0.05) is 34.9 Å². The second-order valence-corrected chi connectivity index (χ2v) is 7.63. The Hall–Kier alpha value is -4.12. The molecule has 0 fully saturated rings. The standard InChI is InChI=1S/C27H21FN4/c1-18(19-8-3-2-4-9-19)30-27-23-16-20(22-11-5-6-12-24(22)28)13-14-25(23)31-26(32-27)21-10-7-15-29-17-21/h2-18H,1H3,(H,30,31,32). The first-order valence-electron chi connectivity index (χ1n) is 10.5. The average molecular weight is 420 g/mol. The third-order valence-electron chi connectivity index (χ3n) is 5.45. The fourth-order valence-corrected chi connectivity index (χ4v) is 3.76. The van der Waals surface area contributed by atoms with Gasteiger partial charge in [0.25, 0.3) is 0 Å². The van der Waals surface area contributed by atoms with Crippen molar-refractivity contribution < 1.29 is 4.39 Å². The molecule has 0 radical (unpaired) electrons. The quantitative estimate of drug-likeness (QED) is 0.345. The van der Waals surface area contributed by atoms with Gasteiger partial charge in [-0.1, -0.05) is 54.6 Å². The molecule has 3 aromatic carbocycles. The van der Waals surface area contributed by atoms with E-state index in [1.165, 1.54) is 6.07 Å². The Bertz CT molecular complexity index is 1370. The summed E-state index contributed by atoms with van der Waals surface area (Å²) >= 11 is 0. The lowest BCUT2D eigenvalue weighted by atomic mass is 10.0. The van der Waals surface area contributed by atoms with Crippen LogP contribution >= 0.6 is 0 Å². The smallest absolute Gasteiger partial charge is 0.163 e. The van der Waals surface area contributed by atoms with Crippen molar-refractivity contribution in [3.63, 3.8) is 0 Å². The monoisotopic (exact) mass is 420 g/mol. The van der Waals surface area contributed by atoms with Crippen LogP contribution in [0.15, 0.2) is 97.3 Å². The van der Waals surface area contributed by atoms with Crippen molar-refractivity contribution in [2.75, 3.05) is 5.32 Å². The van der Waals surface area contributed by atoms with Crippen LogP contribution < -0.4 is 5.32 Å². The van der Waals surface area contributed by atoms with Crippen molar-refractivity contribution in [3.05, 3.63) is 109 Å². The average Bonchev–Trinajstić information content (AvgIpc) is 2.85. The van der Waals surface area contributed by atoms with Crippen LogP contribution in [0, 0.1) is 5.82 Å². The maximum absolute atomic E-state index is 14.4. The van der Waals surface area contributed by atoms with E-state index in [9.17, 15) is 4.39 Å². The van der Waals surface area contributed by atoms with E-state index in [0.717, 1.165) is 27.6 Å². The lowest BCUT2D eigenvalue weighted by Crippen LogP contribution is -2.09. The van der Waals surface area contributed by atoms with E-state index >= 15 is 0 Å². The highest BCUT2D eigenvalue weighted by molar-refractivity contribution is 5.94. The molecule has 0 aliphatic heterocycles. The SMILES string of the molecule is CC(Nc1nc(-c2cccnc2)nc2ccc(-c3ccccc3F)cc12)c1ccccc1. The lowest BCUT2D eigenvalue weighted by Gasteiger charge is -2.18. The van der Waals surface area contributed by atoms with Crippen LogP contribution in [0.1, 0.15) is 18.5 Å². The van der Waals surface area contributed by atoms with Crippen molar-refractivity contribution in [3.8, 4) is 22.5 Å². The molecule has 0 aliphatic rings. The summed E-state index contributed by atoms with van der Waals surface area (Å²) in [6.07, 6.45) is 3.47. The van der Waals surface area contributed by atoms with Gasteiger partial charge in [-0.3, -0.25) is 4.98 Å². The predicted octanol–water partition coefficient (Wildman–Crippen LogP) is 6.67. The molecule has 0 bridgehead atoms. The first-order valence-corrected chi connectivity index (χ1v) is 10.5. The van der Waals surface area contributed by atoms with E-state index in [1.54, 1.807) is 24.5 Å². The summed E-state index contributed by atoms with van der Waals surface area (Å²) in [6, 6.07) is 26.5. The van der Waals surface area contributed by atoms with Crippen LogP contribution in [0.25, 0.3) is 33.4 Å². The summed E-state index contributed by atoms with van der Waals surface area (Å²) in [6.45, 7) is 2.09. The molecule has 0 saturated heterocycles. The van der Waals surface area contributed by atoms with Gasteiger partial charge >= 0.3 is 0 Å². The molecule has 0 amide bonds. The predicted molar refractivity (Wildman–Crippen MR) is 127 cm³/mol. The van der Waals surface area contributed by atoms with Gasteiger partial charge in [-0.2, -0.15) is 0 Å². The van der Waals surface area contributed by atoms with E-state index in [1.807, 2.05) is 54.6 Å². The minimum absolute atomic E-state index is 0.0214. The van der Waals surface area contributed by atoms with E-state index in [2.05, 4.69) is 29.4 Å². The summed E-state index contributed by atoms with van der Waals surface area (Å²) in [5.74, 6) is 1.03. The summed E-state index contributed by atoms with van der Waals surface area (Å²) in [5, 5.41) is 4.37. The summed E-state index contributed by atoms with van der Waals surface area (Å²) in [5.41, 5.74) is 4.09. The molecule has 156 valence electrons. The number of anilines is 1. The van der Waals surface area contributed by atoms with Gasteiger partial charge in [0.1, 0.15) is 11.6 Å². The largest absolute Gasteiger partial charge is 0.363 e. The Labute approximate surface area is 185 Å². The van der Waals surface area contributed by atoms with Crippen LogP contribution in [0.3, 0.4) is 0 Å². The number of halogens is 1. The fourth-order valence-electron chi connectivity index (χ4n) is 3.76. The topological polar surface area (TPSA) is 50.7 Å². The zero-order valence-electron chi connectivity index (χ0n) is 17.5. The Morgan fingerprint density at radius 1 is 0.812 bits per heavy atom. The number of nitrogens with zero attached hydrogens (tertiary/aromatic N) is 3. The first kappa shape index (κ1) is 19.8. The molecule has 0 saturated carbocycles. The molecule has 5 aromatic rings.